The first-order valence-corrected chi connectivity index (χ1v) is 7.62. The van der Waals surface area contributed by atoms with Gasteiger partial charge in [-0.1, -0.05) is 6.92 Å². The summed E-state index contributed by atoms with van der Waals surface area (Å²) in [7, 11) is 0. The minimum absolute atomic E-state index is 0.0126. The summed E-state index contributed by atoms with van der Waals surface area (Å²) in [6.45, 7) is 3.68. The van der Waals surface area contributed by atoms with E-state index in [0.717, 1.165) is 6.07 Å². The summed E-state index contributed by atoms with van der Waals surface area (Å²) in [6.07, 6.45) is -2.64. The molecule has 0 aromatic carbocycles. The predicted molar refractivity (Wildman–Crippen MR) is 82.9 cm³/mol. The molecule has 25 heavy (non-hydrogen) atoms. The van der Waals surface area contributed by atoms with Crippen molar-refractivity contribution in [1.82, 2.24) is 19.9 Å². The maximum Gasteiger partial charge on any atom is 0.433 e. The van der Waals surface area contributed by atoms with Crippen molar-refractivity contribution in [3.05, 3.63) is 41.9 Å². The van der Waals surface area contributed by atoms with Crippen molar-refractivity contribution < 1.29 is 22.4 Å². The van der Waals surface area contributed by atoms with Crippen molar-refractivity contribution in [3.63, 3.8) is 0 Å². The lowest BCUT2D eigenvalue weighted by Crippen LogP contribution is -2.32. The van der Waals surface area contributed by atoms with Crippen LogP contribution in [0.4, 0.5) is 13.2 Å². The van der Waals surface area contributed by atoms with Gasteiger partial charge in [0.25, 0.3) is 5.91 Å². The van der Waals surface area contributed by atoms with Crippen molar-refractivity contribution in [2.75, 3.05) is 0 Å². The Morgan fingerprint density at radius 2 is 2.16 bits per heavy atom. The number of alkyl halides is 3. The largest absolute Gasteiger partial charge is 0.463 e. The zero-order chi connectivity index (χ0) is 18.2. The number of carbonyl (C=O) groups is 1. The van der Waals surface area contributed by atoms with Crippen LogP contribution in [0, 0.1) is 0 Å². The van der Waals surface area contributed by atoms with E-state index in [0.29, 0.717) is 10.9 Å². The fourth-order valence-electron chi connectivity index (χ4n) is 2.24. The molecule has 0 saturated carbocycles. The van der Waals surface area contributed by atoms with Gasteiger partial charge in [-0.05, 0) is 31.5 Å². The SMILES string of the molecule is CC[C@@H](C)NC(=O)c1cc2nc(-c3ccco3)cc(C(F)(F)F)n2n1. The monoisotopic (exact) mass is 352 g/mol. The van der Waals surface area contributed by atoms with Crippen LogP contribution in [-0.4, -0.2) is 26.5 Å². The number of rotatable bonds is 4. The molecule has 132 valence electrons. The van der Waals surface area contributed by atoms with Crippen LogP contribution in [0.25, 0.3) is 17.1 Å². The third-order valence-electron chi connectivity index (χ3n) is 3.71. The van der Waals surface area contributed by atoms with Gasteiger partial charge in [0.1, 0.15) is 5.69 Å². The highest BCUT2D eigenvalue weighted by molar-refractivity contribution is 5.93. The molecule has 9 heteroatoms. The van der Waals surface area contributed by atoms with Crippen molar-refractivity contribution >= 4 is 11.6 Å². The number of furan rings is 1. The lowest BCUT2D eigenvalue weighted by atomic mass is 10.2. The lowest BCUT2D eigenvalue weighted by molar-refractivity contribution is -0.142. The van der Waals surface area contributed by atoms with Crippen LogP contribution in [0.1, 0.15) is 36.5 Å². The first-order valence-electron chi connectivity index (χ1n) is 7.62. The fourth-order valence-corrected chi connectivity index (χ4v) is 2.24. The maximum absolute atomic E-state index is 13.4. The van der Waals surface area contributed by atoms with E-state index in [4.69, 9.17) is 4.42 Å². The highest BCUT2D eigenvalue weighted by Gasteiger charge is 2.36. The Morgan fingerprint density at radius 3 is 2.76 bits per heavy atom. The maximum atomic E-state index is 13.4. The molecule has 0 bridgehead atoms. The Kier molecular flexibility index (Phi) is 4.23. The van der Waals surface area contributed by atoms with Gasteiger partial charge in [0.2, 0.25) is 0 Å². The molecule has 0 aliphatic carbocycles. The van der Waals surface area contributed by atoms with Gasteiger partial charge in [-0.25, -0.2) is 9.50 Å². The molecular weight excluding hydrogens is 337 g/mol. The van der Waals surface area contributed by atoms with Gasteiger partial charge in [0.15, 0.2) is 22.8 Å². The zero-order valence-electron chi connectivity index (χ0n) is 13.5. The molecule has 1 amide bonds. The molecule has 3 aromatic rings. The Labute approximate surface area is 140 Å². The van der Waals surface area contributed by atoms with E-state index < -0.39 is 17.8 Å². The van der Waals surface area contributed by atoms with E-state index in [1.165, 1.54) is 18.4 Å². The fraction of sp³-hybridized carbons (Fsp3) is 0.312. The van der Waals surface area contributed by atoms with Gasteiger partial charge >= 0.3 is 6.18 Å². The van der Waals surface area contributed by atoms with Crippen LogP contribution in [-0.2, 0) is 6.18 Å². The zero-order valence-corrected chi connectivity index (χ0v) is 13.5. The number of fused-ring (bicyclic) bond motifs is 1. The normalized spacial score (nSPS) is 13.2. The van der Waals surface area contributed by atoms with E-state index in [-0.39, 0.29) is 28.8 Å². The lowest BCUT2D eigenvalue weighted by Gasteiger charge is -2.10. The van der Waals surface area contributed by atoms with Crippen molar-refractivity contribution in [2.45, 2.75) is 32.5 Å². The first-order chi connectivity index (χ1) is 11.8. The molecule has 3 heterocycles. The minimum Gasteiger partial charge on any atom is -0.463 e. The van der Waals surface area contributed by atoms with E-state index in [2.05, 4.69) is 15.4 Å². The third kappa shape index (κ3) is 3.35. The number of aromatic nitrogens is 3. The van der Waals surface area contributed by atoms with Crippen molar-refractivity contribution in [1.29, 1.82) is 0 Å². The highest BCUT2D eigenvalue weighted by Crippen LogP contribution is 2.32. The second-order valence-electron chi connectivity index (χ2n) is 5.58. The summed E-state index contributed by atoms with van der Waals surface area (Å²) in [5, 5.41) is 6.45. The third-order valence-corrected chi connectivity index (χ3v) is 3.71. The van der Waals surface area contributed by atoms with Crippen molar-refractivity contribution in [3.8, 4) is 11.5 Å². The molecule has 0 aliphatic heterocycles. The number of halogens is 3. The molecule has 0 spiro atoms. The topological polar surface area (TPSA) is 72.4 Å². The average Bonchev–Trinajstić information content (AvgIpc) is 3.21. The molecule has 0 radical (unpaired) electrons. The second kappa shape index (κ2) is 6.23. The summed E-state index contributed by atoms with van der Waals surface area (Å²) in [5.41, 5.74) is -1.24. The van der Waals surface area contributed by atoms with E-state index >= 15 is 0 Å². The van der Waals surface area contributed by atoms with Crippen LogP contribution in [0.5, 0.6) is 0 Å². The summed E-state index contributed by atoms with van der Waals surface area (Å²) in [6, 6.07) is 5.00. The summed E-state index contributed by atoms with van der Waals surface area (Å²) >= 11 is 0. The first kappa shape index (κ1) is 17.0. The van der Waals surface area contributed by atoms with Crippen LogP contribution < -0.4 is 5.32 Å². The van der Waals surface area contributed by atoms with Gasteiger partial charge in [0, 0.05) is 12.1 Å². The number of nitrogens with one attached hydrogen (secondary N) is 1. The molecule has 0 saturated heterocycles. The van der Waals surface area contributed by atoms with Gasteiger partial charge in [-0.2, -0.15) is 18.3 Å². The number of amides is 1. The molecular formula is C16H15F3N4O2. The van der Waals surface area contributed by atoms with Crippen molar-refractivity contribution in [2.24, 2.45) is 0 Å². The number of carbonyl (C=O) groups excluding carboxylic acids is 1. The Balaban J connectivity index is 2.12. The summed E-state index contributed by atoms with van der Waals surface area (Å²) < 4.78 is 45.9. The Bertz CT molecular complexity index is 900. The molecule has 3 rings (SSSR count). The Morgan fingerprint density at radius 1 is 1.40 bits per heavy atom. The molecule has 0 unspecified atom stereocenters. The number of nitrogens with zero attached hydrogens (tertiary/aromatic N) is 3. The molecule has 1 atom stereocenters. The Hall–Kier alpha value is -2.84. The summed E-state index contributed by atoms with van der Waals surface area (Å²) in [4.78, 5) is 16.3. The van der Waals surface area contributed by atoms with Crippen LogP contribution >= 0.6 is 0 Å². The van der Waals surface area contributed by atoms with Crippen LogP contribution in [0.15, 0.2) is 34.9 Å². The second-order valence-corrected chi connectivity index (χ2v) is 5.58. The summed E-state index contributed by atoms with van der Waals surface area (Å²) in [5.74, 6) is -0.354. The van der Waals surface area contributed by atoms with Gasteiger partial charge in [-0.3, -0.25) is 4.79 Å². The smallest absolute Gasteiger partial charge is 0.433 e. The molecule has 6 nitrogen and oxygen atoms in total. The quantitative estimate of drug-likeness (QED) is 0.780. The van der Waals surface area contributed by atoms with E-state index in [9.17, 15) is 18.0 Å². The average molecular weight is 352 g/mol. The van der Waals surface area contributed by atoms with Gasteiger partial charge < -0.3 is 9.73 Å². The van der Waals surface area contributed by atoms with Gasteiger partial charge in [-0.15, -0.1) is 0 Å². The molecule has 1 N–H and O–H groups in total. The predicted octanol–water partition coefficient (Wildman–Crippen LogP) is 3.54. The van der Waals surface area contributed by atoms with Crippen LogP contribution in [0.2, 0.25) is 0 Å². The van der Waals surface area contributed by atoms with E-state index in [1.54, 1.807) is 13.0 Å². The molecule has 0 fully saturated rings. The standard InChI is InChI=1S/C16H15F3N4O2/c1-3-9(2)20-15(24)11-8-14-21-10(12-5-4-6-25-12)7-13(16(17,18)19)23(14)22-11/h4-9H,3H2,1-2H3,(H,20,24)/t9-/m1/s1. The minimum atomic E-state index is -4.67. The number of hydrogen-bond acceptors (Lipinski definition) is 4. The van der Waals surface area contributed by atoms with Gasteiger partial charge in [0.05, 0.1) is 6.26 Å². The number of hydrogen-bond donors (Lipinski definition) is 1. The molecule has 3 aromatic heterocycles. The van der Waals surface area contributed by atoms with Crippen LogP contribution in [0.3, 0.4) is 0 Å². The van der Waals surface area contributed by atoms with E-state index in [1.807, 2.05) is 6.92 Å². The molecule has 0 aliphatic rings. The highest BCUT2D eigenvalue weighted by atomic mass is 19.4.